The van der Waals surface area contributed by atoms with Gasteiger partial charge < -0.3 is 5.32 Å². The second kappa shape index (κ2) is 6.45. The number of anilines is 2. The molecule has 0 saturated heterocycles. The van der Waals surface area contributed by atoms with Gasteiger partial charge in [-0.3, -0.25) is 14.4 Å². The second-order valence-electron chi connectivity index (χ2n) is 5.46. The number of halogens is 1. The van der Waals surface area contributed by atoms with Crippen LogP contribution in [0.5, 0.6) is 0 Å². The maximum absolute atomic E-state index is 12.6. The quantitative estimate of drug-likeness (QED) is 0.857. The summed E-state index contributed by atoms with van der Waals surface area (Å²) in [5.74, 6) is -0.975. The molecule has 122 valence electrons. The topological polar surface area (TPSA) is 66.5 Å². The van der Waals surface area contributed by atoms with E-state index in [1.54, 1.807) is 36.4 Å². The third-order valence-electron chi connectivity index (χ3n) is 3.74. The zero-order chi connectivity index (χ0) is 17.3. The molecule has 2 aromatic carbocycles. The van der Waals surface area contributed by atoms with E-state index in [1.165, 1.54) is 6.07 Å². The lowest BCUT2D eigenvalue weighted by Crippen LogP contribution is -2.29. The van der Waals surface area contributed by atoms with Gasteiger partial charge in [0.2, 0.25) is 5.91 Å². The Kier molecular flexibility index (Phi) is 4.36. The minimum atomic E-state index is -0.422. The largest absolute Gasteiger partial charge is 0.326 e. The van der Waals surface area contributed by atoms with Crippen LogP contribution in [0, 0.1) is 0 Å². The predicted octanol–water partition coefficient (Wildman–Crippen LogP) is 3.88. The molecule has 1 N–H and O–H groups in total. The van der Waals surface area contributed by atoms with E-state index < -0.39 is 11.8 Å². The first-order chi connectivity index (χ1) is 11.5. The molecule has 6 heteroatoms. The Labute approximate surface area is 144 Å². The Hall–Kier alpha value is -2.66. The van der Waals surface area contributed by atoms with Crippen LogP contribution in [0.25, 0.3) is 0 Å². The Morgan fingerprint density at radius 1 is 1.08 bits per heavy atom. The fourth-order valence-electron chi connectivity index (χ4n) is 2.62. The van der Waals surface area contributed by atoms with Crippen molar-refractivity contribution in [2.45, 2.75) is 19.8 Å². The standard InChI is InChI=1S/C18H15ClN2O3/c1-2-5-16(22)20-11-8-9-14(19)15(10-11)21-17(23)12-6-3-4-7-13(12)18(21)24/h3-4,6-10H,2,5H2,1H3,(H,20,22). The Morgan fingerprint density at radius 2 is 1.71 bits per heavy atom. The summed E-state index contributed by atoms with van der Waals surface area (Å²) in [6.07, 6.45) is 1.12. The summed E-state index contributed by atoms with van der Waals surface area (Å²) in [5.41, 5.74) is 1.44. The minimum Gasteiger partial charge on any atom is -0.326 e. The third kappa shape index (κ3) is 2.78. The van der Waals surface area contributed by atoms with Gasteiger partial charge in [0.25, 0.3) is 11.8 Å². The molecule has 0 bridgehead atoms. The van der Waals surface area contributed by atoms with Crippen molar-refractivity contribution in [3.63, 3.8) is 0 Å². The van der Waals surface area contributed by atoms with Crippen LogP contribution in [0.2, 0.25) is 5.02 Å². The molecule has 1 heterocycles. The van der Waals surface area contributed by atoms with E-state index in [0.717, 1.165) is 11.3 Å². The number of imide groups is 1. The zero-order valence-electron chi connectivity index (χ0n) is 13.0. The molecule has 0 radical (unpaired) electrons. The van der Waals surface area contributed by atoms with Crippen molar-refractivity contribution in [3.05, 3.63) is 58.6 Å². The SMILES string of the molecule is CCCC(=O)Nc1ccc(Cl)c(N2C(=O)c3ccccc3C2=O)c1. The number of amides is 3. The molecule has 0 aliphatic carbocycles. The van der Waals surface area contributed by atoms with Crippen molar-refractivity contribution in [3.8, 4) is 0 Å². The summed E-state index contributed by atoms with van der Waals surface area (Å²) in [6, 6.07) is 11.4. The lowest BCUT2D eigenvalue weighted by molar-refractivity contribution is -0.116. The molecule has 0 spiro atoms. The van der Waals surface area contributed by atoms with Crippen LogP contribution in [0.15, 0.2) is 42.5 Å². The number of rotatable bonds is 4. The summed E-state index contributed by atoms with van der Waals surface area (Å²) in [7, 11) is 0. The average Bonchev–Trinajstić information content (AvgIpc) is 2.82. The van der Waals surface area contributed by atoms with Gasteiger partial charge in [0.15, 0.2) is 0 Å². The molecule has 0 aromatic heterocycles. The first-order valence-corrected chi connectivity index (χ1v) is 7.98. The van der Waals surface area contributed by atoms with Crippen molar-refractivity contribution in [1.82, 2.24) is 0 Å². The van der Waals surface area contributed by atoms with Gasteiger partial charge in [-0.05, 0) is 36.8 Å². The van der Waals surface area contributed by atoms with Crippen molar-refractivity contribution in [2.24, 2.45) is 0 Å². The second-order valence-corrected chi connectivity index (χ2v) is 5.86. The van der Waals surface area contributed by atoms with Crippen molar-refractivity contribution in [2.75, 3.05) is 10.2 Å². The highest BCUT2D eigenvalue weighted by molar-refractivity contribution is 6.40. The monoisotopic (exact) mass is 342 g/mol. The fourth-order valence-corrected chi connectivity index (χ4v) is 2.82. The number of fused-ring (bicyclic) bond motifs is 1. The molecule has 3 rings (SSSR count). The van der Waals surface area contributed by atoms with Crippen LogP contribution in [-0.4, -0.2) is 17.7 Å². The van der Waals surface area contributed by atoms with Crippen LogP contribution in [-0.2, 0) is 4.79 Å². The normalized spacial score (nSPS) is 13.2. The van der Waals surface area contributed by atoms with Gasteiger partial charge in [0.05, 0.1) is 21.8 Å². The molecule has 0 atom stereocenters. The fraction of sp³-hybridized carbons (Fsp3) is 0.167. The number of benzene rings is 2. The minimum absolute atomic E-state index is 0.131. The van der Waals surface area contributed by atoms with E-state index in [9.17, 15) is 14.4 Å². The van der Waals surface area contributed by atoms with E-state index >= 15 is 0 Å². The van der Waals surface area contributed by atoms with E-state index in [0.29, 0.717) is 23.2 Å². The summed E-state index contributed by atoms with van der Waals surface area (Å²) in [4.78, 5) is 37.9. The summed E-state index contributed by atoms with van der Waals surface area (Å²) in [5, 5.41) is 3.00. The van der Waals surface area contributed by atoms with E-state index in [-0.39, 0.29) is 16.6 Å². The van der Waals surface area contributed by atoms with E-state index in [1.807, 2.05) is 6.92 Å². The van der Waals surface area contributed by atoms with Crippen LogP contribution < -0.4 is 10.2 Å². The third-order valence-corrected chi connectivity index (χ3v) is 4.06. The van der Waals surface area contributed by atoms with Crippen LogP contribution in [0.1, 0.15) is 40.5 Å². The molecule has 0 saturated carbocycles. The summed E-state index contributed by atoms with van der Waals surface area (Å²) in [6.45, 7) is 1.91. The summed E-state index contributed by atoms with van der Waals surface area (Å²) >= 11 is 6.19. The number of hydrogen-bond acceptors (Lipinski definition) is 3. The molecule has 0 unspecified atom stereocenters. The van der Waals surface area contributed by atoms with Gasteiger partial charge in [0.1, 0.15) is 0 Å². The van der Waals surface area contributed by atoms with E-state index in [4.69, 9.17) is 11.6 Å². The molecule has 3 amide bonds. The van der Waals surface area contributed by atoms with E-state index in [2.05, 4.69) is 5.32 Å². The first-order valence-electron chi connectivity index (χ1n) is 7.60. The molecule has 0 fully saturated rings. The molecule has 5 nitrogen and oxygen atoms in total. The maximum atomic E-state index is 12.6. The lowest BCUT2D eigenvalue weighted by Gasteiger charge is -2.17. The highest BCUT2D eigenvalue weighted by Crippen LogP contribution is 2.35. The Bertz CT molecular complexity index is 813. The zero-order valence-corrected chi connectivity index (χ0v) is 13.8. The lowest BCUT2D eigenvalue weighted by atomic mass is 10.1. The van der Waals surface area contributed by atoms with Crippen molar-refractivity contribution >= 4 is 40.7 Å². The maximum Gasteiger partial charge on any atom is 0.266 e. The first kappa shape index (κ1) is 16.2. The van der Waals surface area contributed by atoms with Crippen LogP contribution in [0.3, 0.4) is 0 Å². The number of hydrogen-bond donors (Lipinski definition) is 1. The van der Waals surface area contributed by atoms with Gasteiger partial charge in [-0.1, -0.05) is 30.7 Å². The highest BCUT2D eigenvalue weighted by atomic mass is 35.5. The number of nitrogens with zero attached hydrogens (tertiary/aromatic N) is 1. The smallest absolute Gasteiger partial charge is 0.266 e. The van der Waals surface area contributed by atoms with Gasteiger partial charge in [0, 0.05) is 12.1 Å². The van der Waals surface area contributed by atoms with Crippen molar-refractivity contribution < 1.29 is 14.4 Å². The van der Waals surface area contributed by atoms with Gasteiger partial charge >= 0.3 is 0 Å². The molecular formula is C18H15ClN2O3. The Balaban J connectivity index is 1.97. The number of carbonyl (C=O) groups excluding carboxylic acids is 3. The molecule has 24 heavy (non-hydrogen) atoms. The number of nitrogens with one attached hydrogen (secondary N) is 1. The molecular weight excluding hydrogens is 328 g/mol. The molecule has 2 aromatic rings. The predicted molar refractivity (Wildman–Crippen MR) is 92.6 cm³/mol. The summed E-state index contributed by atoms with van der Waals surface area (Å²) < 4.78 is 0. The van der Waals surface area contributed by atoms with Gasteiger partial charge in [-0.2, -0.15) is 0 Å². The number of carbonyl (C=O) groups is 3. The molecule has 1 aliphatic rings. The van der Waals surface area contributed by atoms with Gasteiger partial charge in [-0.25, -0.2) is 4.90 Å². The van der Waals surface area contributed by atoms with Gasteiger partial charge in [-0.15, -0.1) is 0 Å². The average molecular weight is 343 g/mol. The molecule has 1 aliphatic heterocycles. The van der Waals surface area contributed by atoms with Crippen LogP contribution in [0.4, 0.5) is 11.4 Å². The highest BCUT2D eigenvalue weighted by Gasteiger charge is 2.37. The van der Waals surface area contributed by atoms with Crippen LogP contribution >= 0.6 is 11.6 Å². The Morgan fingerprint density at radius 3 is 2.29 bits per heavy atom. The van der Waals surface area contributed by atoms with Crippen molar-refractivity contribution in [1.29, 1.82) is 0 Å².